The average Bonchev–Trinajstić information content (AvgIpc) is 2.93. The second kappa shape index (κ2) is 10.8. The molecule has 1 heterocycles. The number of hydrogen-bond donors (Lipinski definition) is 2. The van der Waals surface area contributed by atoms with Crippen molar-refractivity contribution in [1.82, 2.24) is 10.6 Å². The third kappa shape index (κ3) is 7.85. The molecule has 0 amide bonds. The maximum Gasteiger partial charge on any atom is 0.191 e. The van der Waals surface area contributed by atoms with Gasteiger partial charge >= 0.3 is 0 Å². The highest BCUT2D eigenvalue weighted by atomic mass is 32.1. The lowest BCUT2D eigenvalue weighted by molar-refractivity contribution is 0.192. The van der Waals surface area contributed by atoms with Crippen LogP contribution in [0.1, 0.15) is 31.1 Å². The monoisotopic (exact) mass is 283 g/mol. The van der Waals surface area contributed by atoms with Crippen molar-refractivity contribution in [2.45, 2.75) is 32.7 Å². The number of thiophene rings is 1. The molecule has 0 bridgehead atoms. The van der Waals surface area contributed by atoms with Crippen molar-refractivity contribution in [3.05, 3.63) is 22.4 Å². The molecule has 108 valence electrons. The maximum absolute atomic E-state index is 5.03. The first-order chi connectivity index (χ1) is 9.36. The molecule has 0 atom stereocenters. The van der Waals surface area contributed by atoms with Crippen LogP contribution in [0.2, 0.25) is 0 Å². The number of nitrogens with zero attached hydrogens (tertiary/aromatic N) is 1. The Kier molecular flexibility index (Phi) is 9.10. The van der Waals surface area contributed by atoms with Crippen LogP contribution in [0, 0.1) is 0 Å². The smallest absolute Gasteiger partial charge is 0.191 e. The second-order valence-corrected chi connectivity index (χ2v) is 5.29. The van der Waals surface area contributed by atoms with Gasteiger partial charge in [0.1, 0.15) is 0 Å². The Hall–Kier alpha value is -1.07. The van der Waals surface area contributed by atoms with E-state index in [9.17, 15) is 0 Å². The van der Waals surface area contributed by atoms with Gasteiger partial charge in [-0.15, -0.1) is 11.3 Å². The molecule has 0 saturated carbocycles. The number of methoxy groups -OCH3 is 1. The molecule has 0 saturated heterocycles. The molecule has 1 aromatic rings. The number of nitrogens with one attached hydrogen (secondary N) is 2. The van der Waals surface area contributed by atoms with Gasteiger partial charge in [-0.1, -0.05) is 6.07 Å². The van der Waals surface area contributed by atoms with Crippen LogP contribution in [0.15, 0.2) is 22.5 Å². The largest absolute Gasteiger partial charge is 0.385 e. The molecule has 0 radical (unpaired) electrons. The van der Waals surface area contributed by atoms with E-state index in [-0.39, 0.29) is 0 Å². The number of hydrogen-bond acceptors (Lipinski definition) is 3. The quantitative estimate of drug-likeness (QED) is 0.416. The number of aliphatic imine (C=N–C) groups is 1. The Balaban J connectivity index is 2.21. The fourth-order valence-corrected chi connectivity index (χ4v) is 2.28. The Morgan fingerprint density at radius 3 is 2.89 bits per heavy atom. The van der Waals surface area contributed by atoms with Crippen molar-refractivity contribution in [3.63, 3.8) is 0 Å². The standard InChI is InChI=1S/C14H25N3OS/c1-3-15-14(16-9-5-4-6-10-18-2)17-12-13-8-7-11-19-13/h7-8,11H,3-6,9-10,12H2,1-2H3,(H2,15,16,17). The average molecular weight is 283 g/mol. The molecule has 5 heteroatoms. The molecule has 1 aromatic heterocycles. The van der Waals surface area contributed by atoms with Gasteiger partial charge in [-0.25, -0.2) is 4.99 Å². The van der Waals surface area contributed by atoms with Crippen LogP contribution < -0.4 is 10.6 Å². The summed E-state index contributed by atoms with van der Waals surface area (Å²) in [6.07, 6.45) is 3.46. The van der Waals surface area contributed by atoms with Crippen molar-refractivity contribution in [1.29, 1.82) is 0 Å². The molecule has 0 aliphatic carbocycles. The van der Waals surface area contributed by atoms with E-state index >= 15 is 0 Å². The summed E-state index contributed by atoms with van der Waals surface area (Å²) in [4.78, 5) is 5.86. The zero-order chi connectivity index (χ0) is 13.8. The van der Waals surface area contributed by atoms with Crippen LogP contribution in [0.25, 0.3) is 0 Å². The van der Waals surface area contributed by atoms with E-state index in [1.165, 1.54) is 11.3 Å². The molecule has 0 fully saturated rings. The van der Waals surface area contributed by atoms with Crippen molar-refractivity contribution in [2.24, 2.45) is 4.99 Å². The van der Waals surface area contributed by atoms with Gasteiger partial charge in [-0.05, 0) is 37.6 Å². The molecule has 19 heavy (non-hydrogen) atoms. The highest BCUT2D eigenvalue weighted by Crippen LogP contribution is 2.09. The van der Waals surface area contributed by atoms with Crippen molar-refractivity contribution >= 4 is 17.3 Å². The number of rotatable bonds is 9. The lowest BCUT2D eigenvalue weighted by Crippen LogP contribution is -2.37. The Labute approximate surface area is 120 Å². The SMILES string of the molecule is CCNC(=NCc1cccs1)NCCCCCOC. The summed E-state index contributed by atoms with van der Waals surface area (Å²) in [7, 11) is 1.75. The van der Waals surface area contributed by atoms with Gasteiger partial charge in [0.25, 0.3) is 0 Å². The molecule has 0 spiro atoms. The Bertz CT molecular complexity index is 338. The minimum absolute atomic E-state index is 0.747. The summed E-state index contributed by atoms with van der Waals surface area (Å²) in [5.41, 5.74) is 0. The second-order valence-electron chi connectivity index (χ2n) is 4.25. The van der Waals surface area contributed by atoms with Crippen molar-refractivity contribution in [2.75, 3.05) is 26.8 Å². The first-order valence-electron chi connectivity index (χ1n) is 6.90. The van der Waals surface area contributed by atoms with Crippen molar-refractivity contribution in [3.8, 4) is 0 Å². The van der Waals surface area contributed by atoms with Gasteiger partial charge in [0.05, 0.1) is 6.54 Å². The summed E-state index contributed by atoms with van der Waals surface area (Å²) in [6.45, 7) is 5.53. The summed E-state index contributed by atoms with van der Waals surface area (Å²) < 4.78 is 5.03. The number of ether oxygens (including phenoxy) is 1. The third-order valence-corrected chi connectivity index (χ3v) is 3.50. The summed E-state index contributed by atoms with van der Waals surface area (Å²) in [5.74, 6) is 0.905. The van der Waals surface area contributed by atoms with Gasteiger partial charge in [0.15, 0.2) is 5.96 Å². The Morgan fingerprint density at radius 1 is 1.32 bits per heavy atom. The van der Waals surface area contributed by atoms with E-state index in [0.29, 0.717) is 0 Å². The van der Waals surface area contributed by atoms with Gasteiger partial charge in [0.2, 0.25) is 0 Å². The minimum atomic E-state index is 0.747. The van der Waals surface area contributed by atoms with Crippen LogP contribution in [-0.2, 0) is 11.3 Å². The third-order valence-electron chi connectivity index (χ3n) is 2.64. The summed E-state index contributed by atoms with van der Waals surface area (Å²) in [6, 6.07) is 4.17. The molecular weight excluding hydrogens is 258 g/mol. The van der Waals surface area contributed by atoms with Crippen LogP contribution >= 0.6 is 11.3 Å². The summed E-state index contributed by atoms with van der Waals surface area (Å²) >= 11 is 1.74. The summed E-state index contributed by atoms with van der Waals surface area (Å²) in [5, 5.41) is 8.71. The van der Waals surface area contributed by atoms with E-state index in [2.05, 4.69) is 40.1 Å². The predicted octanol–water partition coefficient (Wildman–Crippen LogP) is 2.62. The van der Waals surface area contributed by atoms with Gasteiger partial charge in [-0.2, -0.15) is 0 Å². The fraction of sp³-hybridized carbons (Fsp3) is 0.643. The maximum atomic E-state index is 5.03. The number of guanidine groups is 1. The van der Waals surface area contributed by atoms with Gasteiger partial charge < -0.3 is 15.4 Å². The molecule has 0 unspecified atom stereocenters. The van der Waals surface area contributed by atoms with Gasteiger partial charge in [-0.3, -0.25) is 0 Å². The first kappa shape index (κ1) is 16.0. The lowest BCUT2D eigenvalue weighted by Gasteiger charge is -2.10. The van der Waals surface area contributed by atoms with Crippen LogP contribution in [0.5, 0.6) is 0 Å². The lowest BCUT2D eigenvalue weighted by atomic mass is 10.2. The first-order valence-corrected chi connectivity index (χ1v) is 7.78. The molecule has 0 aromatic carbocycles. The zero-order valence-corrected chi connectivity index (χ0v) is 12.8. The molecule has 2 N–H and O–H groups in total. The highest BCUT2D eigenvalue weighted by molar-refractivity contribution is 7.09. The molecule has 0 aliphatic heterocycles. The van der Waals surface area contributed by atoms with E-state index < -0.39 is 0 Å². The fourth-order valence-electron chi connectivity index (χ4n) is 1.66. The molecule has 1 rings (SSSR count). The van der Waals surface area contributed by atoms with E-state index in [4.69, 9.17) is 4.74 Å². The minimum Gasteiger partial charge on any atom is -0.385 e. The normalized spacial score (nSPS) is 11.6. The van der Waals surface area contributed by atoms with E-state index in [1.807, 2.05) is 0 Å². The van der Waals surface area contributed by atoms with Crippen LogP contribution in [-0.4, -0.2) is 32.8 Å². The molecule has 0 aliphatic rings. The zero-order valence-electron chi connectivity index (χ0n) is 11.9. The Morgan fingerprint density at radius 2 is 2.21 bits per heavy atom. The van der Waals surface area contributed by atoms with Crippen molar-refractivity contribution < 1.29 is 4.74 Å². The molecular formula is C14H25N3OS. The topological polar surface area (TPSA) is 45.7 Å². The molecule has 4 nitrogen and oxygen atoms in total. The van der Waals surface area contributed by atoms with Gasteiger partial charge in [0, 0.05) is 31.7 Å². The van der Waals surface area contributed by atoms with Crippen LogP contribution in [0.4, 0.5) is 0 Å². The predicted molar refractivity (Wildman–Crippen MR) is 82.9 cm³/mol. The van der Waals surface area contributed by atoms with E-state index in [1.54, 1.807) is 18.4 Å². The highest BCUT2D eigenvalue weighted by Gasteiger charge is 1.97. The number of unbranched alkanes of at least 4 members (excludes halogenated alkanes) is 2. The van der Waals surface area contributed by atoms with Crippen LogP contribution in [0.3, 0.4) is 0 Å². The van der Waals surface area contributed by atoms with E-state index in [0.717, 1.165) is 45.0 Å².